The number of carbonyl (C=O) groups excluding carboxylic acids is 1. The van der Waals surface area contributed by atoms with Crippen molar-refractivity contribution in [1.82, 2.24) is 14.8 Å². The van der Waals surface area contributed by atoms with Crippen LogP contribution in [0, 0.1) is 25.6 Å². The molecule has 2 aromatic carbocycles. The van der Waals surface area contributed by atoms with E-state index in [1.165, 1.54) is 18.3 Å². The van der Waals surface area contributed by atoms with E-state index in [9.17, 15) is 37.1 Å². The number of nitrogens with zero attached hydrogens (tertiary/aromatic N) is 2. The van der Waals surface area contributed by atoms with Crippen LogP contribution in [-0.4, -0.2) is 58.3 Å². The maximum Gasteiger partial charge on any atom is 0.416 e. The lowest BCUT2D eigenvalue weighted by Gasteiger charge is -2.28. The highest BCUT2D eigenvalue weighted by molar-refractivity contribution is 5.82. The van der Waals surface area contributed by atoms with Crippen molar-refractivity contribution in [2.75, 3.05) is 19.7 Å². The molecule has 2 N–H and O–H groups in total. The Bertz CT molecular complexity index is 1860. The fraction of sp³-hybridized carbons (Fsp3) is 0.513. The van der Waals surface area contributed by atoms with Crippen molar-refractivity contribution in [3.05, 3.63) is 91.6 Å². The van der Waals surface area contributed by atoms with Gasteiger partial charge in [-0.2, -0.15) is 13.2 Å². The summed E-state index contributed by atoms with van der Waals surface area (Å²) in [5.74, 6) is -2.31. The minimum Gasteiger partial charge on any atom is -0.481 e. The smallest absolute Gasteiger partial charge is 0.416 e. The van der Waals surface area contributed by atoms with Crippen LogP contribution >= 0.6 is 0 Å². The molecule has 0 spiro atoms. The molecule has 8 nitrogen and oxygen atoms in total. The summed E-state index contributed by atoms with van der Waals surface area (Å²) in [4.78, 5) is 42.0. The van der Waals surface area contributed by atoms with Crippen LogP contribution < -0.4 is 10.9 Å². The quantitative estimate of drug-likeness (QED) is 0.203. The maximum atomic E-state index is 14.3. The van der Waals surface area contributed by atoms with Gasteiger partial charge in [-0.05, 0) is 121 Å². The first-order valence-corrected chi connectivity index (χ1v) is 17.7. The lowest BCUT2D eigenvalue weighted by Crippen LogP contribution is -2.41. The summed E-state index contributed by atoms with van der Waals surface area (Å²) in [6, 6.07) is 5.21. The van der Waals surface area contributed by atoms with E-state index in [0.29, 0.717) is 31.3 Å². The van der Waals surface area contributed by atoms with Gasteiger partial charge in [0.05, 0.1) is 30.7 Å². The van der Waals surface area contributed by atoms with Gasteiger partial charge in [-0.25, -0.2) is 4.39 Å². The third-order valence-electron chi connectivity index (χ3n) is 10.6. The number of pyridine rings is 1. The van der Waals surface area contributed by atoms with Crippen LogP contribution in [0.5, 0.6) is 0 Å². The van der Waals surface area contributed by atoms with E-state index in [2.05, 4.69) is 10.2 Å². The fourth-order valence-electron chi connectivity index (χ4n) is 8.29. The fourth-order valence-corrected chi connectivity index (χ4v) is 8.29. The molecule has 2 fully saturated rings. The van der Waals surface area contributed by atoms with Crippen LogP contribution in [0.25, 0.3) is 11.1 Å². The zero-order valence-electron chi connectivity index (χ0n) is 29.4. The number of rotatable bonds is 12. The summed E-state index contributed by atoms with van der Waals surface area (Å²) in [6.07, 6.45) is -0.531. The second kappa shape index (κ2) is 14.5. The minimum atomic E-state index is -4.77. The van der Waals surface area contributed by atoms with Gasteiger partial charge in [0.15, 0.2) is 0 Å². The number of aromatic nitrogens is 1. The topological polar surface area (TPSA) is 101 Å². The first-order chi connectivity index (χ1) is 24.1. The van der Waals surface area contributed by atoms with Crippen molar-refractivity contribution in [2.45, 2.75) is 103 Å². The normalized spacial score (nSPS) is 19.8. The molecule has 1 aromatic heterocycles. The Morgan fingerprint density at radius 2 is 1.80 bits per heavy atom. The van der Waals surface area contributed by atoms with E-state index in [-0.39, 0.29) is 42.3 Å². The van der Waals surface area contributed by atoms with Gasteiger partial charge >= 0.3 is 12.1 Å². The molecule has 1 aliphatic carbocycles. The average Bonchev–Trinajstić information content (AvgIpc) is 3.79. The Morgan fingerprint density at radius 3 is 2.41 bits per heavy atom. The largest absolute Gasteiger partial charge is 0.481 e. The molecule has 0 radical (unpaired) electrons. The molecule has 2 aliphatic heterocycles. The summed E-state index contributed by atoms with van der Waals surface area (Å²) in [7, 11) is 0. The summed E-state index contributed by atoms with van der Waals surface area (Å²) in [5, 5.41) is 12.8. The highest BCUT2D eigenvalue weighted by Gasteiger charge is 2.40. The lowest BCUT2D eigenvalue weighted by atomic mass is 9.87. The van der Waals surface area contributed by atoms with E-state index < -0.39 is 47.7 Å². The lowest BCUT2D eigenvalue weighted by molar-refractivity contribution is -0.139. The Balaban J connectivity index is 1.36. The van der Waals surface area contributed by atoms with Crippen LogP contribution in [0.1, 0.15) is 90.6 Å². The first-order valence-electron chi connectivity index (χ1n) is 17.7. The number of carboxylic acids is 1. The van der Waals surface area contributed by atoms with Crippen molar-refractivity contribution in [2.24, 2.45) is 5.92 Å². The van der Waals surface area contributed by atoms with Crippen molar-refractivity contribution in [3.63, 3.8) is 0 Å². The number of ether oxygens (including phenoxy) is 1. The number of likely N-dealkylation sites (tertiary alicyclic amines) is 1. The molecule has 3 aromatic rings. The second-order valence-electron chi connectivity index (χ2n) is 14.8. The van der Waals surface area contributed by atoms with E-state index in [0.717, 1.165) is 63.6 Å². The van der Waals surface area contributed by atoms with Crippen molar-refractivity contribution in [1.29, 1.82) is 0 Å². The molecule has 1 amide bonds. The molecule has 3 heterocycles. The number of aliphatic carboxylic acids is 1. The number of hydrogen-bond acceptors (Lipinski definition) is 5. The number of nitrogens with one attached hydrogen (secondary N) is 1. The zero-order chi connectivity index (χ0) is 36.8. The standard InChI is InChI=1S/C39H45F4N3O5/c1-21(2)10-34(46-18-25(32(16-35(46)47)39(41,42)43)8-9-45-19-29-15-28(45)20-51-29)38(50)44-33(17-36(48)49)26-13-24-6-5-7-30(24)31(14-26)37-22(3)11-27(40)12-23(37)4/h11-14,16,18,21,28-29,33-34H,5-10,15,17,19-20H2,1-4H3,(H,44,50)(H,48,49)/t28-,29-,33?,34-/m0/s1. The molecule has 6 rings (SSSR count). The van der Waals surface area contributed by atoms with Crippen LogP contribution in [-0.2, 0) is 39.8 Å². The number of carbonyl (C=O) groups is 2. The highest BCUT2D eigenvalue weighted by Crippen LogP contribution is 2.39. The van der Waals surface area contributed by atoms with Crippen molar-refractivity contribution >= 4 is 11.9 Å². The average molecular weight is 712 g/mol. The molecule has 1 unspecified atom stereocenters. The number of benzene rings is 2. The highest BCUT2D eigenvalue weighted by atomic mass is 19.4. The van der Waals surface area contributed by atoms with Crippen LogP contribution in [0.3, 0.4) is 0 Å². The van der Waals surface area contributed by atoms with Gasteiger partial charge in [0.1, 0.15) is 11.9 Å². The van der Waals surface area contributed by atoms with E-state index in [1.807, 2.05) is 39.8 Å². The predicted molar refractivity (Wildman–Crippen MR) is 184 cm³/mol. The number of amides is 1. The van der Waals surface area contributed by atoms with Crippen molar-refractivity contribution in [3.8, 4) is 11.1 Å². The molecule has 3 aliphatic rings. The predicted octanol–water partition coefficient (Wildman–Crippen LogP) is 6.71. The van der Waals surface area contributed by atoms with Gasteiger partial charge in [0.2, 0.25) is 5.91 Å². The number of hydrogen-bond donors (Lipinski definition) is 2. The van der Waals surface area contributed by atoms with Gasteiger partial charge in [-0.15, -0.1) is 0 Å². The monoisotopic (exact) mass is 711 g/mol. The third kappa shape index (κ3) is 7.91. The van der Waals surface area contributed by atoms with Gasteiger partial charge < -0.3 is 19.7 Å². The molecule has 2 saturated heterocycles. The molecular weight excluding hydrogens is 666 g/mol. The Labute approximate surface area is 294 Å². The van der Waals surface area contributed by atoms with E-state index in [1.54, 1.807) is 0 Å². The molecular formula is C39H45F4N3O5. The third-order valence-corrected chi connectivity index (χ3v) is 10.6. The summed E-state index contributed by atoms with van der Waals surface area (Å²) < 4.78 is 63.7. The van der Waals surface area contributed by atoms with Crippen LogP contribution in [0.4, 0.5) is 17.6 Å². The van der Waals surface area contributed by atoms with Gasteiger partial charge in [-0.3, -0.25) is 19.3 Å². The number of carboxylic acid groups (broad SMARTS) is 1. The number of fused-ring (bicyclic) bond motifs is 3. The first kappa shape index (κ1) is 36.8. The number of alkyl halides is 3. The molecule has 51 heavy (non-hydrogen) atoms. The van der Waals surface area contributed by atoms with Gasteiger partial charge in [-0.1, -0.05) is 19.9 Å². The number of morpholine rings is 1. The maximum absolute atomic E-state index is 14.3. The number of aryl methyl sites for hydroxylation is 3. The summed E-state index contributed by atoms with van der Waals surface area (Å²) >= 11 is 0. The molecule has 274 valence electrons. The Morgan fingerprint density at radius 1 is 1.08 bits per heavy atom. The van der Waals surface area contributed by atoms with Crippen LogP contribution in [0.2, 0.25) is 0 Å². The summed E-state index contributed by atoms with van der Waals surface area (Å²) in [5.41, 5.74) is 3.80. The molecule has 0 saturated carbocycles. The minimum absolute atomic E-state index is 0.0239. The van der Waals surface area contributed by atoms with E-state index in [4.69, 9.17) is 4.74 Å². The zero-order valence-corrected chi connectivity index (χ0v) is 29.4. The Hall–Kier alpha value is -4.03. The SMILES string of the molecule is Cc1cc(F)cc(C)c1-c1cc(C(CC(=O)O)NC(=O)[C@H](CC(C)C)n2cc(CCN3C[C@@H]4C[C@H]3CO4)c(C(F)(F)F)cc2=O)cc2c1CCC2. The van der Waals surface area contributed by atoms with Crippen LogP contribution in [0.15, 0.2) is 41.3 Å². The van der Waals surface area contributed by atoms with Crippen molar-refractivity contribution < 1.29 is 37.0 Å². The summed E-state index contributed by atoms with van der Waals surface area (Å²) in [6.45, 7) is 8.86. The molecule has 4 atom stereocenters. The molecule has 2 bridgehead atoms. The van der Waals surface area contributed by atoms with E-state index >= 15 is 0 Å². The second-order valence-corrected chi connectivity index (χ2v) is 14.8. The Kier molecular flexibility index (Phi) is 10.5. The van der Waals surface area contributed by atoms with Gasteiger partial charge in [0, 0.05) is 31.4 Å². The molecule has 12 heteroatoms. The number of halogens is 4. The van der Waals surface area contributed by atoms with Gasteiger partial charge in [0.25, 0.3) is 5.56 Å².